The number of rotatable bonds is 2. The van der Waals surface area contributed by atoms with Crippen molar-refractivity contribution in [3.63, 3.8) is 0 Å². The van der Waals surface area contributed by atoms with Crippen molar-refractivity contribution in [2.24, 2.45) is 5.73 Å². The van der Waals surface area contributed by atoms with E-state index in [0.717, 1.165) is 6.07 Å². The molecule has 0 aliphatic carbocycles. The van der Waals surface area contributed by atoms with E-state index in [0.29, 0.717) is 0 Å². The van der Waals surface area contributed by atoms with Crippen molar-refractivity contribution in [3.05, 3.63) is 23.5 Å². The van der Waals surface area contributed by atoms with Crippen molar-refractivity contribution in [2.75, 3.05) is 12.8 Å². The number of nitrogen functional groups attached to an aromatic ring is 1. The van der Waals surface area contributed by atoms with E-state index < -0.39 is 11.7 Å². The van der Waals surface area contributed by atoms with Crippen LogP contribution in [-0.4, -0.2) is 13.0 Å². The predicted octanol–water partition coefficient (Wildman–Crippen LogP) is 0.937. The summed E-state index contributed by atoms with van der Waals surface area (Å²) in [4.78, 5) is 10.8. The van der Waals surface area contributed by atoms with Crippen LogP contribution in [0.15, 0.2) is 12.1 Å². The van der Waals surface area contributed by atoms with Crippen LogP contribution in [0, 0.1) is 5.82 Å². The Hall–Kier alpha value is -1.49. The number of methoxy groups -OCH3 is 1. The predicted molar refractivity (Wildman–Crippen MR) is 53.1 cm³/mol. The normalized spacial score (nSPS) is 9.00. The SMILES string of the molecule is COc1c(F)cc(N)cc1C(N)=O.Cl. The van der Waals surface area contributed by atoms with Gasteiger partial charge in [-0.15, -0.1) is 12.4 Å². The van der Waals surface area contributed by atoms with Crippen LogP contribution in [0.1, 0.15) is 10.4 Å². The number of nitrogens with two attached hydrogens (primary N) is 2. The van der Waals surface area contributed by atoms with E-state index in [4.69, 9.17) is 11.5 Å². The molecule has 0 saturated carbocycles. The maximum atomic E-state index is 13.1. The molecule has 0 aliphatic heterocycles. The van der Waals surface area contributed by atoms with Gasteiger partial charge in [0.15, 0.2) is 11.6 Å². The molecule has 0 heterocycles. The number of benzene rings is 1. The third-order valence-corrected chi connectivity index (χ3v) is 1.54. The highest BCUT2D eigenvalue weighted by Crippen LogP contribution is 2.24. The second-order valence-corrected chi connectivity index (χ2v) is 2.45. The number of hydrogen-bond donors (Lipinski definition) is 2. The summed E-state index contributed by atoms with van der Waals surface area (Å²) in [7, 11) is 1.25. The number of halogens is 2. The van der Waals surface area contributed by atoms with E-state index in [1.54, 1.807) is 0 Å². The molecule has 0 aromatic heterocycles. The van der Waals surface area contributed by atoms with Gasteiger partial charge in [0.1, 0.15) is 0 Å². The van der Waals surface area contributed by atoms with E-state index in [1.165, 1.54) is 13.2 Å². The Morgan fingerprint density at radius 3 is 2.50 bits per heavy atom. The quantitative estimate of drug-likeness (QED) is 0.728. The Labute approximate surface area is 86.4 Å². The van der Waals surface area contributed by atoms with Gasteiger partial charge in [-0.3, -0.25) is 4.79 Å². The first-order valence-corrected chi connectivity index (χ1v) is 3.49. The Bertz CT molecular complexity index is 357. The Kier molecular flexibility index (Phi) is 4.17. The Morgan fingerprint density at radius 2 is 2.07 bits per heavy atom. The van der Waals surface area contributed by atoms with Crippen LogP contribution < -0.4 is 16.2 Å². The summed E-state index contributed by atoms with van der Waals surface area (Å²) in [5.74, 6) is -1.65. The summed E-state index contributed by atoms with van der Waals surface area (Å²) in [6.45, 7) is 0. The number of carbonyl (C=O) groups excluding carboxylic acids is 1. The van der Waals surface area contributed by atoms with Gasteiger partial charge < -0.3 is 16.2 Å². The second-order valence-electron chi connectivity index (χ2n) is 2.45. The lowest BCUT2D eigenvalue weighted by Crippen LogP contribution is -2.13. The molecular formula is C8H10ClFN2O2. The first kappa shape index (κ1) is 12.5. The standard InChI is InChI=1S/C8H9FN2O2.ClH/c1-13-7-5(8(11)12)2-4(10)3-6(7)9;/h2-3H,10H2,1H3,(H2,11,12);1H. The fourth-order valence-electron chi connectivity index (χ4n) is 1.00. The smallest absolute Gasteiger partial charge is 0.252 e. The minimum Gasteiger partial charge on any atom is -0.493 e. The molecule has 0 saturated heterocycles. The van der Waals surface area contributed by atoms with E-state index in [2.05, 4.69) is 4.74 Å². The van der Waals surface area contributed by atoms with E-state index in [-0.39, 0.29) is 29.4 Å². The molecular weight excluding hydrogens is 211 g/mol. The van der Waals surface area contributed by atoms with Gasteiger partial charge in [-0.25, -0.2) is 4.39 Å². The van der Waals surface area contributed by atoms with Gasteiger partial charge in [0.25, 0.3) is 5.91 Å². The van der Waals surface area contributed by atoms with Gasteiger partial charge in [0.05, 0.1) is 12.7 Å². The lowest BCUT2D eigenvalue weighted by molar-refractivity contribution is 0.0996. The molecule has 6 heteroatoms. The number of anilines is 1. The summed E-state index contributed by atoms with van der Waals surface area (Å²) < 4.78 is 17.7. The summed E-state index contributed by atoms with van der Waals surface area (Å²) in [5.41, 5.74) is 10.4. The molecule has 4 N–H and O–H groups in total. The lowest BCUT2D eigenvalue weighted by Gasteiger charge is -2.07. The zero-order valence-corrected chi connectivity index (χ0v) is 8.23. The molecule has 4 nitrogen and oxygen atoms in total. The van der Waals surface area contributed by atoms with Crippen molar-refractivity contribution in [1.29, 1.82) is 0 Å². The largest absolute Gasteiger partial charge is 0.493 e. The van der Waals surface area contributed by atoms with Crippen molar-refractivity contribution in [1.82, 2.24) is 0 Å². The number of primary amides is 1. The van der Waals surface area contributed by atoms with Gasteiger partial charge >= 0.3 is 0 Å². The van der Waals surface area contributed by atoms with Gasteiger partial charge in [0, 0.05) is 11.8 Å². The molecule has 0 radical (unpaired) electrons. The van der Waals surface area contributed by atoms with Crippen LogP contribution in [0.25, 0.3) is 0 Å². The van der Waals surface area contributed by atoms with Crippen LogP contribution in [0.2, 0.25) is 0 Å². The van der Waals surface area contributed by atoms with Gasteiger partial charge in [0.2, 0.25) is 0 Å². The van der Waals surface area contributed by atoms with E-state index >= 15 is 0 Å². The van der Waals surface area contributed by atoms with Crippen molar-refractivity contribution >= 4 is 24.0 Å². The molecule has 0 unspecified atom stereocenters. The van der Waals surface area contributed by atoms with Crippen LogP contribution in [0.3, 0.4) is 0 Å². The van der Waals surface area contributed by atoms with Crippen LogP contribution in [0.4, 0.5) is 10.1 Å². The Balaban J connectivity index is 0.00000169. The first-order chi connectivity index (χ1) is 6.06. The van der Waals surface area contributed by atoms with Crippen LogP contribution >= 0.6 is 12.4 Å². The molecule has 0 atom stereocenters. The molecule has 1 aromatic carbocycles. The van der Waals surface area contributed by atoms with Gasteiger partial charge in [-0.1, -0.05) is 0 Å². The zero-order chi connectivity index (χ0) is 10.0. The summed E-state index contributed by atoms with van der Waals surface area (Å²) >= 11 is 0. The third kappa shape index (κ3) is 2.26. The fourth-order valence-corrected chi connectivity index (χ4v) is 1.00. The van der Waals surface area contributed by atoms with Crippen LogP contribution in [-0.2, 0) is 0 Å². The maximum Gasteiger partial charge on any atom is 0.252 e. The number of amides is 1. The van der Waals surface area contributed by atoms with Gasteiger partial charge in [-0.2, -0.15) is 0 Å². The Morgan fingerprint density at radius 1 is 1.50 bits per heavy atom. The molecule has 78 valence electrons. The zero-order valence-electron chi connectivity index (χ0n) is 7.41. The average molecular weight is 221 g/mol. The summed E-state index contributed by atoms with van der Waals surface area (Å²) in [6, 6.07) is 2.33. The van der Waals surface area contributed by atoms with Crippen molar-refractivity contribution in [2.45, 2.75) is 0 Å². The topological polar surface area (TPSA) is 78.3 Å². The molecule has 14 heavy (non-hydrogen) atoms. The average Bonchev–Trinajstić information content (AvgIpc) is 2.02. The molecule has 0 spiro atoms. The number of hydrogen-bond acceptors (Lipinski definition) is 3. The van der Waals surface area contributed by atoms with Crippen LogP contribution in [0.5, 0.6) is 5.75 Å². The highest BCUT2D eigenvalue weighted by Gasteiger charge is 2.14. The number of carbonyl (C=O) groups is 1. The van der Waals surface area contributed by atoms with Crippen molar-refractivity contribution in [3.8, 4) is 5.75 Å². The third-order valence-electron chi connectivity index (χ3n) is 1.54. The minimum absolute atomic E-state index is 0. The molecule has 1 rings (SSSR count). The maximum absolute atomic E-state index is 13.1. The molecule has 1 amide bonds. The molecule has 0 fully saturated rings. The van der Waals surface area contributed by atoms with Gasteiger partial charge in [-0.05, 0) is 6.07 Å². The van der Waals surface area contributed by atoms with E-state index in [1.807, 2.05) is 0 Å². The minimum atomic E-state index is -0.775. The number of ether oxygens (including phenoxy) is 1. The highest BCUT2D eigenvalue weighted by atomic mass is 35.5. The monoisotopic (exact) mass is 220 g/mol. The lowest BCUT2D eigenvalue weighted by atomic mass is 10.1. The molecule has 1 aromatic rings. The second kappa shape index (κ2) is 4.66. The molecule has 0 bridgehead atoms. The summed E-state index contributed by atoms with van der Waals surface area (Å²) in [5, 5.41) is 0. The van der Waals surface area contributed by atoms with E-state index in [9.17, 15) is 9.18 Å². The highest BCUT2D eigenvalue weighted by molar-refractivity contribution is 5.96. The molecule has 0 aliphatic rings. The van der Waals surface area contributed by atoms with Crippen molar-refractivity contribution < 1.29 is 13.9 Å². The first-order valence-electron chi connectivity index (χ1n) is 3.49. The fraction of sp³-hybridized carbons (Fsp3) is 0.125. The summed E-state index contributed by atoms with van der Waals surface area (Å²) in [6.07, 6.45) is 0.